The first-order valence-corrected chi connectivity index (χ1v) is 7.24. The first-order valence-electron chi connectivity index (χ1n) is 6.25. The van der Waals surface area contributed by atoms with Crippen LogP contribution < -0.4 is 0 Å². The first-order chi connectivity index (χ1) is 9.34. The number of thioether (sulfide) groups is 1. The van der Waals surface area contributed by atoms with Crippen LogP contribution in [0.1, 0.15) is 15.9 Å². The van der Waals surface area contributed by atoms with Crippen molar-refractivity contribution in [2.75, 3.05) is 13.1 Å². The van der Waals surface area contributed by atoms with Crippen LogP contribution in [0.4, 0.5) is 0 Å². The topological polar surface area (TPSA) is 33.0 Å². The predicted molar refractivity (Wildman–Crippen MR) is 76.1 cm³/mol. The monoisotopic (exact) mass is 270 g/mol. The normalized spacial score (nSPS) is 13.4. The van der Waals surface area contributed by atoms with Crippen LogP contribution >= 0.6 is 11.8 Å². The fourth-order valence-electron chi connectivity index (χ4n) is 1.82. The maximum Gasteiger partial charge on any atom is 0.256 e. The minimum Gasteiger partial charge on any atom is -0.335 e. The van der Waals surface area contributed by atoms with E-state index in [0.717, 1.165) is 29.4 Å². The predicted octanol–water partition coefficient (Wildman–Crippen LogP) is 2.83. The van der Waals surface area contributed by atoms with Crippen LogP contribution in [-0.2, 0) is 5.75 Å². The van der Waals surface area contributed by atoms with Crippen LogP contribution in [0.5, 0.6) is 0 Å². The zero-order chi connectivity index (χ0) is 13.1. The molecule has 1 saturated heterocycles. The molecule has 0 atom stereocenters. The Hall–Kier alpha value is -1.81. The molecule has 4 heteroatoms. The van der Waals surface area contributed by atoms with Gasteiger partial charge in [0.25, 0.3) is 5.91 Å². The minimum absolute atomic E-state index is 0.101. The summed E-state index contributed by atoms with van der Waals surface area (Å²) in [6, 6.07) is 13.9. The van der Waals surface area contributed by atoms with Gasteiger partial charge in [0, 0.05) is 25.0 Å². The Balaban J connectivity index is 1.75. The third kappa shape index (κ3) is 2.96. The van der Waals surface area contributed by atoms with E-state index < -0.39 is 0 Å². The minimum atomic E-state index is 0.101. The number of benzene rings is 1. The van der Waals surface area contributed by atoms with Crippen LogP contribution in [0.3, 0.4) is 0 Å². The van der Waals surface area contributed by atoms with Gasteiger partial charge in [-0.25, -0.2) is 4.98 Å². The van der Waals surface area contributed by atoms with E-state index in [1.54, 1.807) is 18.0 Å². The standard InChI is InChI=1S/C15H14N2OS/c18-15(17-9-10-17)13-7-4-8-16-14(13)19-11-12-5-2-1-3-6-12/h1-8H,9-11H2. The molecule has 1 aromatic heterocycles. The van der Waals surface area contributed by atoms with Crippen LogP contribution in [0.15, 0.2) is 53.7 Å². The molecule has 1 aliphatic heterocycles. The molecule has 1 fully saturated rings. The van der Waals surface area contributed by atoms with Crippen LogP contribution in [0, 0.1) is 0 Å². The zero-order valence-electron chi connectivity index (χ0n) is 10.5. The van der Waals surface area contributed by atoms with E-state index in [4.69, 9.17) is 0 Å². The summed E-state index contributed by atoms with van der Waals surface area (Å²) in [6.45, 7) is 1.74. The molecule has 96 valence electrons. The number of aromatic nitrogens is 1. The first kappa shape index (κ1) is 12.2. The summed E-state index contributed by atoms with van der Waals surface area (Å²) < 4.78 is 0. The van der Waals surface area contributed by atoms with Crippen molar-refractivity contribution < 1.29 is 4.79 Å². The number of amides is 1. The molecule has 3 rings (SSSR count). The number of hydrogen-bond donors (Lipinski definition) is 0. The number of pyridine rings is 1. The molecule has 0 saturated carbocycles. The second-order valence-corrected chi connectivity index (χ2v) is 5.39. The average molecular weight is 270 g/mol. The van der Waals surface area contributed by atoms with Gasteiger partial charge in [0.2, 0.25) is 0 Å². The van der Waals surface area contributed by atoms with Crippen molar-refractivity contribution >= 4 is 17.7 Å². The largest absolute Gasteiger partial charge is 0.335 e. The summed E-state index contributed by atoms with van der Waals surface area (Å²) in [4.78, 5) is 18.3. The zero-order valence-corrected chi connectivity index (χ0v) is 11.3. The van der Waals surface area contributed by atoms with Crippen molar-refractivity contribution in [3.05, 3.63) is 59.8 Å². The van der Waals surface area contributed by atoms with Gasteiger partial charge in [-0.2, -0.15) is 0 Å². The quantitative estimate of drug-likeness (QED) is 0.632. The Morgan fingerprint density at radius 2 is 1.95 bits per heavy atom. The van der Waals surface area contributed by atoms with Gasteiger partial charge >= 0.3 is 0 Å². The van der Waals surface area contributed by atoms with E-state index in [2.05, 4.69) is 17.1 Å². The van der Waals surface area contributed by atoms with E-state index in [-0.39, 0.29) is 5.91 Å². The average Bonchev–Trinajstić information content (AvgIpc) is 3.30. The van der Waals surface area contributed by atoms with Gasteiger partial charge in [-0.05, 0) is 17.7 Å². The van der Waals surface area contributed by atoms with Crippen molar-refractivity contribution in [1.82, 2.24) is 9.88 Å². The van der Waals surface area contributed by atoms with Crippen LogP contribution in [0.2, 0.25) is 0 Å². The van der Waals surface area contributed by atoms with Gasteiger partial charge in [0.05, 0.1) is 5.56 Å². The van der Waals surface area contributed by atoms with Crippen LogP contribution in [0.25, 0.3) is 0 Å². The SMILES string of the molecule is O=C(c1cccnc1SCc1ccccc1)N1CC1. The number of nitrogens with zero attached hydrogens (tertiary/aromatic N) is 2. The third-order valence-corrected chi connectivity index (χ3v) is 4.03. The Morgan fingerprint density at radius 1 is 1.16 bits per heavy atom. The Bertz CT molecular complexity index is 582. The second-order valence-electron chi connectivity index (χ2n) is 4.42. The molecule has 1 amide bonds. The molecule has 0 N–H and O–H groups in total. The molecule has 2 aromatic rings. The van der Waals surface area contributed by atoms with E-state index in [9.17, 15) is 4.79 Å². The molecular formula is C15H14N2OS. The number of carbonyl (C=O) groups excluding carboxylic acids is 1. The fourth-order valence-corrected chi connectivity index (χ4v) is 2.76. The highest BCUT2D eigenvalue weighted by molar-refractivity contribution is 7.98. The summed E-state index contributed by atoms with van der Waals surface area (Å²) in [6.07, 6.45) is 1.74. The lowest BCUT2D eigenvalue weighted by atomic mass is 10.2. The Morgan fingerprint density at radius 3 is 2.68 bits per heavy atom. The molecule has 0 spiro atoms. The van der Waals surface area contributed by atoms with E-state index in [0.29, 0.717) is 0 Å². The Kier molecular flexibility index (Phi) is 3.51. The third-order valence-electron chi connectivity index (χ3n) is 2.95. The highest BCUT2D eigenvalue weighted by Gasteiger charge is 2.27. The highest BCUT2D eigenvalue weighted by atomic mass is 32.2. The van der Waals surface area contributed by atoms with E-state index in [1.165, 1.54) is 5.56 Å². The van der Waals surface area contributed by atoms with Crippen molar-refractivity contribution in [3.8, 4) is 0 Å². The lowest BCUT2D eigenvalue weighted by molar-refractivity contribution is 0.0881. The molecule has 2 heterocycles. The summed E-state index contributed by atoms with van der Waals surface area (Å²) in [5, 5.41) is 0.822. The maximum atomic E-state index is 12.1. The number of carbonyl (C=O) groups is 1. The summed E-state index contributed by atoms with van der Waals surface area (Å²) >= 11 is 1.62. The number of rotatable bonds is 4. The van der Waals surface area contributed by atoms with Crippen molar-refractivity contribution in [3.63, 3.8) is 0 Å². The molecular weight excluding hydrogens is 256 g/mol. The van der Waals surface area contributed by atoms with Gasteiger partial charge in [-0.1, -0.05) is 30.3 Å². The fraction of sp³-hybridized carbons (Fsp3) is 0.200. The second kappa shape index (κ2) is 5.45. The van der Waals surface area contributed by atoms with Crippen molar-refractivity contribution in [2.24, 2.45) is 0 Å². The van der Waals surface area contributed by atoms with Gasteiger partial charge in [0.15, 0.2) is 0 Å². The van der Waals surface area contributed by atoms with Gasteiger partial charge < -0.3 is 4.90 Å². The maximum absolute atomic E-state index is 12.1. The molecule has 1 aromatic carbocycles. The molecule has 19 heavy (non-hydrogen) atoms. The molecule has 0 bridgehead atoms. The lowest BCUT2D eigenvalue weighted by Gasteiger charge is -2.07. The van der Waals surface area contributed by atoms with Gasteiger partial charge in [-0.3, -0.25) is 4.79 Å². The van der Waals surface area contributed by atoms with Crippen molar-refractivity contribution in [1.29, 1.82) is 0 Å². The van der Waals surface area contributed by atoms with E-state index in [1.807, 2.05) is 35.2 Å². The summed E-state index contributed by atoms with van der Waals surface area (Å²) in [7, 11) is 0. The Labute approximate surface area is 116 Å². The molecule has 0 aliphatic carbocycles. The van der Waals surface area contributed by atoms with Gasteiger partial charge in [0.1, 0.15) is 5.03 Å². The van der Waals surface area contributed by atoms with Crippen molar-refractivity contribution in [2.45, 2.75) is 10.8 Å². The van der Waals surface area contributed by atoms with E-state index >= 15 is 0 Å². The lowest BCUT2D eigenvalue weighted by Crippen LogP contribution is -2.12. The summed E-state index contributed by atoms with van der Waals surface area (Å²) in [5.74, 6) is 0.932. The van der Waals surface area contributed by atoms with Crippen LogP contribution in [-0.4, -0.2) is 28.9 Å². The smallest absolute Gasteiger partial charge is 0.256 e. The van der Waals surface area contributed by atoms with Gasteiger partial charge in [-0.15, -0.1) is 11.8 Å². The number of hydrogen-bond acceptors (Lipinski definition) is 3. The molecule has 1 aliphatic rings. The summed E-state index contributed by atoms with van der Waals surface area (Å²) in [5.41, 5.74) is 1.96. The molecule has 3 nitrogen and oxygen atoms in total. The molecule has 0 radical (unpaired) electrons. The molecule has 0 unspecified atom stereocenters. The highest BCUT2D eigenvalue weighted by Crippen LogP contribution is 2.26.